The Kier molecular flexibility index (Phi) is 6.81. The van der Waals surface area contributed by atoms with Crippen LogP contribution in [0.5, 0.6) is 0 Å². The predicted octanol–water partition coefficient (Wildman–Crippen LogP) is 5.28. The van der Waals surface area contributed by atoms with E-state index in [9.17, 15) is 4.79 Å². The van der Waals surface area contributed by atoms with Crippen molar-refractivity contribution < 1.29 is 4.79 Å². The minimum atomic E-state index is -0.215. The molecule has 0 aliphatic rings. The van der Waals surface area contributed by atoms with Crippen molar-refractivity contribution in [1.82, 2.24) is 20.2 Å². The summed E-state index contributed by atoms with van der Waals surface area (Å²) in [5.74, 6) is 0.632. The fourth-order valence-corrected chi connectivity index (χ4v) is 4.36. The first-order valence-corrected chi connectivity index (χ1v) is 11.6. The van der Waals surface area contributed by atoms with Crippen molar-refractivity contribution in [3.63, 3.8) is 0 Å². The zero-order valence-corrected chi connectivity index (χ0v) is 18.9. The first-order valence-electron chi connectivity index (χ1n) is 9.38. The van der Waals surface area contributed by atoms with Crippen molar-refractivity contribution in [3.8, 4) is 17.1 Å². The highest BCUT2D eigenvalue weighted by Crippen LogP contribution is 2.28. The fraction of sp³-hybridized carbons (Fsp3) is 0.0909. The van der Waals surface area contributed by atoms with Gasteiger partial charge >= 0.3 is 0 Å². The van der Waals surface area contributed by atoms with E-state index < -0.39 is 0 Å². The minimum absolute atomic E-state index is 0.154. The maximum atomic E-state index is 12.3. The summed E-state index contributed by atoms with van der Waals surface area (Å²) in [6.07, 6.45) is 0. The molecule has 0 spiro atoms. The summed E-state index contributed by atoms with van der Waals surface area (Å²) in [6, 6.07) is 21.1. The molecule has 156 valence electrons. The third-order valence-electron chi connectivity index (χ3n) is 4.31. The zero-order chi connectivity index (χ0) is 21.6. The van der Waals surface area contributed by atoms with Gasteiger partial charge in [0.05, 0.1) is 11.5 Å². The van der Waals surface area contributed by atoms with E-state index in [4.69, 9.17) is 11.6 Å². The number of hydrogen-bond acceptors (Lipinski definition) is 6. The molecule has 4 aromatic rings. The minimum Gasteiger partial charge on any atom is -0.272 e. The smallest absolute Gasteiger partial charge is 0.250 e. The van der Waals surface area contributed by atoms with E-state index >= 15 is 0 Å². The molecule has 2 aromatic carbocycles. The molecule has 9 heteroatoms. The Morgan fingerprint density at radius 1 is 1.10 bits per heavy atom. The van der Waals surface area contributed by atoms with E-state index in [1.807, 2.05) is 83.6 Å². The summed E-state index contributed by atoms with van der Waals surface area (Å²) < 4.78 is 1.92. The van der Waals surface area contributed by atoms with Gasteiger partial charge < -0.3 is 0 Å². The van der Waals surface area contributed by atoms with Gasteiger partial charge in [-0.2, -0.15) is 5.10 Å². The molecule has 0 atom stereocenters. The number of hydrazone groups is 1. The molecule has 31 heavy (non-hydrogen) atoms. The zero-order valence-electron chi connectivity index (χ0n) is 16.5. The standard InChI is InChI=1S/C22H18ClN5OS2/c1-15(19-8-5-13-30-19)24-25-20(29)14-31-22-27-26-21(16-6-3-2-4-7-16)28(22)18-11-9-17(23)10-12-18/h2-13H,14H2,1H3,(H,25,29)/b24-15+. The number of benzene rings is 2. The lowest BCUT2D eigenvalue weighted by atomic mass is 10.2. The Bertz CT molecular complexity index is 1190. The molecule has 0 unspecified atom stereocenters. The average molecular weight is 468 g/mol. The fourth-order valence-electron chi connectivity index (χ4n) is 2.81. The molecule has 1 amide bonds. The van der Waals surface area contributed by atoms with Crippen LogP contribution in [0.25, 0.3) is 17.1 Å². The van der Waals surface area contributed by atoms with Crippen LogP contribution in [0.15, 0.2) is 82.4 Å². The van der Waals surface area contributed by atoms with Gasteiger partial charge in [-0.05, 0) is 42.6 Å². The van der Waals surface area contributed by atoms with Gasteiger partial charge in [0.15, 0.2) is 11.0 Å². The quantitative estimate of drug-likeness (QED) is 0.228. The number of thiophene rings is 1. The number of nitrogens with one attached hydrogen (secondary N) is 1. The molecule has 0 aliphatic carbocycles. The number of hydrogen-bond donors (Lipinski definition) is 1. The van der Waals surface area contributed by atoms with Crippen LogP contribution >= 0.6 is 34.7 Å². The Morgan fingerprint density at radius 2 is 1.87 bits per heavy atom. The maximum Gasteiger partial charge on any atom is 0.250 e. The van der Waals surface area contributed by atoms with Crippen LogP contribution in [0, 0.1) is 0 Å². The van der Waals surface area contributed by atoms with E-state index in [2.05, 4.69) is 20.7 Å². The van der Waals surface area contributed by atoms with Crippen molar-refractivity contribution in [2.24, 2.45) is 5.10 Å². The normalized spacial score (nSPS) is 11.5. The van der Waals surface area contributed by atoms with Gasteiger partial charge in [0, 0.05) is 21.2 Å². The van der Waals surface area contributed by atoms with Gasteiger partial charge in [0.2, 0.25) is 0 Å². The molecular weight excluding hydrogens is 450 g/mol. The number of amides is 1. The first kappa shape index (κ1) is 21.3. The molecule has 6 nitrogen and oxygen atoms in total. The summed E-state index contributed by atoms with van der Waals surface area (Å²) in [5, 5.41) is 16.1. The van der Waals surface area contributed by atoms with Crippen LogP contribution in [0.2, 0.25) is 5.02 Å². The molecule has 0 saturated heterocycles. The molecule has 2 aromatic heterocycles. The Labute approximate surface area is 193 Å². The summed E-state index contributed by atoms with van der Waals surface area (Å²) in [4.78, 5) is 13.4. The Hall–Kier alpha value is -2.94. The molecule has 1 N–H and O–H groups in total. The number of carbonyl (C=O) groups excluding carboxylic acids is 1. The summed E-state index contributed by atoms with van der Waals surface area (Å²) in [7, 11) is 0. The van der Waals surface area contributed by atoms with Crippen molar-refractivity contribution in [1.29, 1.82) is 0 Å². The topological polar surface area (TPSA) is 72.2 Å². The SMILES string of the molecule is C/C(=N\NC(=O)CSc1nnc(-c2ccccc2)n1-c1ccc(Cl)cc1)c1cccs1. The van der Waals surface area contributed by atoms with Gasteiger partial charge in [-0.1, -0.05) is 59.8 Å². The third-order valence-corrected chi connectivity index (χ3v) is 6.47. The highest BCUT2D eigenvalue weighted by Gasteiger charge is 2.17. The molecule has 2 heterocycles. The van der Waals surface area contributed by atoms with Crippen LogP contribution in [-0.2, 0) is 4.79 Å². The number of carbonyl (C=O) groups is 1. The lowest BCUT2D eigenvalue weighted by Gasteiger charge is -2.10. The second-order valence-corrected chi connectivity index (χ2v) is 8.81. The van der Waals surface area contributed by atoms with Gasteiger partial charge in [-0.25, -0.2) is 5.43 Å². The van der Waals surface area contributed by atoms with Gasteiger partial charge in [-0.3, -0.25) is 9.36 Å². The van der Waals surface area contributed by atoms with E-state index in [1.54, 1.807) is 11.3 Å². The Balaban J connectivity index is 1.54. The molecular formula is C22H18ClN5OS2. The summed E-state index contributed by atoms with van der Waals surface area (Å²) in [6.45, 7) is 1.86. The van der Waals surface area contributed by atoms with Crippen LogP contribution in [0.4, 0.5) is 0 Å². The van der Waals surface area contributed by atoms with Crippen LogP contribution in [0.3, 0.4) is 0 Å². The van der Waals surface area contributed by atoms with Gasteiger partial charge in [0.1, 0.15) is 0 Å². The second kappa shape index (κ2) is 9.91. The molecule has 0 aliphatic heterocycles. The van der Waals surface area contributed by atoms with Crippen molar-refractivity contribution >= 4 is 46.3 Å². The average Bonchev–Trinajstić information content (AvgIpc) is 3.48. The lowest BCUT2D eigenvalue weighted by Crippen LogP contribution is -2.21. The third kappa shape index (κ3) is 5.22. The monoisotopic (exact) mass is 467 g/mol. The van der Waals surface area contributed by atoms with Crippen LogP contribution in [0.1, 0.15) is 11.8 Å². The summed E-state index contributed by atoms with van der Waals surface area (Å²) in [5.41, 5.74) is 5.17. The van der Waals surface area contributed by atoms with E-state index in [-0.39, 0.29) is 11.7 Å². The number of halogens is 1. The first-order chi connectivity index (χ1) is 15.1. The van der Waals surface area contributed by atoms with Gasteiger partial charge in [0.25, 0.3) is 5.91 Å². The van der Waals surface area contributed by atoms with Gasteiger partial charge in [-0.15, -0.1) is 21.5 Å². The number of nitrogens with zero attached hydrogens (tertiary/aromatic N) is 4. The largest absolute Gasteiger partial charge is 0.272 e. The van der Waals surface area contributed by atoms with Crippen LogP contribution in [-0.4, -0.2) is 32.1 Å². The van der Waals surface area contributed by atoms with Crippen molar-refractivity contribution in [2.75, 3.05) is 5.75 Å². The predicted molar refractivity (Wildman–Crippen MR) is 127 cm³/mol. The van der Waals surface area contributed by atoms with E-state index in [0.29, 0.717) is 16.0 Å². The molecule has 0 fully saturated rings. The van der Waals surface area contributed by atoms with Crippen molar-refractivity contribution in [3.05, 3.63) is 82.0 Å². The lowest BCUT2D eigenvalue weighted by molar-refractivity contribution is -0.118. The van der Waals surface area contributed by atoms with E-state index in [0.717, 1.165) is 21.8 Å². The van der Waals surface area contributed by atoms with Crippen molar-refractivity contribution in [2.45, 2.75) is 12.1 Å². The highest BCUT2D eigenvalue weighted by atomic mass is 35.5. The van der Waals surface area contributed by atoms with E-state index in [1.165, 1.54) is 11.8 Å². The summed E-state index contributed by atoms with van der Waals surface area (Å²) >= 11 is 8.93. The number of rotatable bonds is 7. The highest BCUT2D eigenvalue weighted by molar-refractivity contribution is 7.99. The number of aromatic nitrogens is 3. The molecule has 0 bridgehead atoms. The van der Waals surface area contributed by atoms with Crippen LogP contribution < -0.4 is 5.43 Å². The molecule has 0 radical (unpaired) electrons. The second-order valence-electron chi connectivity index (χ2n) is 6.48. The Morgan fingerprint density at radius 3 is 2.58 bits per heavy atom. The maximum absolute atomic E-state index is 12.3. The molecule has 4 rings (SSSR count). The molecule has 0 saturated carbocycles. The number of thioether (sulfide) groups is 1.